The van der Waals surface area contributed by atoms with Crippen LogP contribution in [0.15, 0.2) is 41.0 Å². The second kappa shape index (κ2) is 10.3. The summed E-state index contributed by atoms with van der Waals surface area (Å²) in [6.45, 7) is 2.40. The lowest BCUT2D eigenvalue weighted by atomic mass is 10.2. The number of aliphatic hydroxyl groups excluding tert-OH is 1. The van der Waals surface area contributed by atoms with Crippen molar-refractivity contribution in [3.05, 3.63) is 53.7 Å². The highest BCUT2D eigenvalue weighted by Crippen LogP contribution is 2.13. The minimum absolute atomic E-state index is 0.0799. The molecule has 0 radical (unpaired) electrons. The number of amides is 2. The molecule has 0 aliphatic carbocycles. The van der Waals surface area contributed by atoms with Gasteiger partial charge in [-0.3, -0.25) is 4.79 Å². The Balaban J connectivity index is 1.61. The van der Waals surface area contributed by atoms with Gasteiger partial charge >= 0.3 is 6.09 Å². The van der Waals surface area contributed by atoms with Crippen LogP contribution in [-0.4, -0.2) is 41.3 Å². The van der Waals surface area contributed by atoms with Crippen LogP contribution in [-0.2, 0) is 11.3 Å². The monoisotopic (exact) mass is 376 g/mol. The number of rotatable bonds is 9. The van der Waals surface area contributed by atoms with Crippen LogP contribution in [0.4, 0.5) is 4.79 Å². The van der Waals surface area contributed by atoms with Crippen molar-refractivity contribution in [3.8, 4) is 0 Å². The molecule has 2 aromatic rings. The average molecular weight is 376 g/mol. The lowest BCUT2D eigenvalue weighted by molar-refractivity contribution is 0.0948. The van der Waals surface area contributed by atoms with Crippen molar-refractivity contribution in [2.45, 2.75) is 32.1 Å². The SMILES string of the molecule is CC(O)C(N)c1nc(C(=O)NCCCNC(=O)OCc2ccccc2)co1. The summed E-state index contributed by atoms with van der Waals surface area (Å²) in [6.07, 6.45) is 0.349. The van der Waals surface area contributed by atoms with Crippen LogP contribution in [0.25, 0.3) is 0 Å². The Morgan fingerprint density at radius 1 is 1.26 bits per heavy atom. The van der Waals surface area contributed by atoms with E-state index in [0.717, 1.165) is 5.56 Å². The molecule has 0 bridgehead atoms. The molecular weight excluding hydrogens is 352 g/mol. The number of carbonyl (C=O) groups excluding carboxylic acids is 2. The minimum atomic E-state index is -0.840. The van der Waals surface area contributed by atoms with E-state index in [0.29, 0.717) is 19.5 Å². The maximum atomic E-state index is 12.0. The summed E-state index contributed by atoms with van der Waals surface area (Å²) in [6, 6.07) is 8.57. The predicted octanol–water partition coefficient (Wildman–Crippen LogP) is 1.10. The summed E-state index contributed by atoms with van der Waals surface area (Å²) in [4.78, 5) is 27.5. The Kier molecular flexibility index (Phi) is 7.78. The molecule has 2 unspecified atom stereocenters. The molecular formula is C18H24N4O5. The molecule has 146 valence electrons. The summed E-state index contributed by atoms with van der Waals surface area (Å²) in [7, 11) is 0. The lowest BCUT2D eigenvalue weighted by Crippen LogP contribution is -2.30. The summed E-state index contributed by atoms with van der Waals surface area (Å²) in [5.74, 6) is -0.326. The van der Waals surface area contributed by atoms with Crippen molar-refractivity contribution >= 4 is 12.0 Å². The molecule has 0 spiro atoms. The molecule has 2 atom stereocenters. The highest BCUT2D eigenvalue weighted by Gasteiger charge is 2.20. The van der Waals surface area contributed by atoms with E-state index < -0.39 is 24.1 Å². The Labute approximate surface area is 156 Å². The molecule has 1 heterocycles. The molecule has 2 rings (SSSR count). The number of oxazole rings is 1. The van der Waals surface area contributed by atoms with Crippen LogP contribution in [0.3, 0.4) is 0 Å². The van der Waals surface area contributed by atoms with Crippen molar-refractivity contribution in [3.63, 3.8) is 0 Å². The van der Waals surface area contributed by atoms with Gasteiger partial charge in [-0.2, -0.15) is 0 Å². The standard InChI is InChI=1S/C18H24N4O5/c1-12(23)15(19)17-22-14(11-26-17)16(24)20-8-5-9-21-18(25)27-10-13-6-3-2-4-7-13/h2-4,6-7,11-12,15,23H,5,8-10,19H2,1H3,(H,20,24)(H,21,25). The number of hydrogen-bond acceptors (Lipinski definition) is 7. The van der Waals surface area contributed by atoms with Gasteiger partial charge in [0.1, 0.15) is 18.9 Å². The first-order valence-corrected chi connectivity index (χ1v) is 8.59. The van der Waals surface area contributed by atoms with E-state index in [2.05, 4.69) is 15.6 Å². The Morgan fingerprint density at radius 2 is 1.96 bits per heavy atom. The molecule has 0 saturated heterocycles. The second-order valence-corrected chi connectivity index (χ2v) is 5.94. The molecule has 0 fully saturated rings. The number of nitrogens with zero attached hydrogens (tertiary/aromatic N) is 1. The van der Waals surface area contributed by atoms with Gasteiger partial charge in [-0.05, 0) is 18.9 Å². The fourth-order valence-corrected chi connectivity index (χ4v) is 2.10. The second-order valence-electron chi connectivity index (χ2n) is 5.94. The fourth-order valence-electron chi connectivity index (χ4n) is 2.10. The number of hydrogen-bond donors (Lipinski definition) is 4. The number of nitrogens with one attached hydrogen (secondary N) is 2. The number of aliphatic hydroxyl groups is 1. The van der Waals surface area contributed by atoms with Gasteiger partial charge in [0.05, 0.1) is 6.10 Å². The maximum Gasteiger partial charge on any atom is 0.407 e. The number of nitrogens with two attached hydrogens (primary N) is 1. The van der Waals surface area contributed by atoms with E-state index in [1.165, 1.54) is 13.2 Å². The highest BCUT2D eigenvalue weighted by atomic mass is 16.5. The summed E-state index contributed by atoms with van der Waals surface area (Å²) >= 11 is 0. The van der Waals surface area contributed by atoms with Crippen molar-refractivity contribution in [2.75, 3.05) is 13.1 Å². The van der Waals surface area contributed by atoms with Gasteiger partial charge in [0, 0.05) is 13.1 Å². The fraction of sp³-hybridized carbons (Fsp3) is 0.389. The normalized spacial score (nSPS) is 12.9. The van der Waals surface area contributed by atoms with Crippen LogP contribution in [0.1, 0.15) is 41.3 Å². The van der Waals surface area contributed by atoms with E-state index >= 15 is 0 Å². The molecule has 9 nitrogen and oxygen atoms in total. The molecule has 1 aromatic carbocycles. The van der Waals surface area contributed by atoms with Crippen LogP contribution in [0, 0.1) is 0 Å². The zero-order valence-electron chi connectivity index (χ0n) is 15.1. The number of benzene rings is 1. The smallest absolute Gasteiger partial charge is 0.407 e. The van der Waals surface area contributed by atoms with E-state index in [1.807, 2.05) is 30.3 Å². The molecule has 2 amide bonds. The van der Waals surface area contributed by atoms with Crippen LogP contribution >= 0.6 is 0 Å². The molecule has 27 heavy (non-hydrogen) atoms. The van der Waals surface area contributed by atoms with Crippen LogP contribution < -0.4 is 16.4 Å². The topological polar surface area (TPSA) is 140 Å². The lowest BCUT2D eigenvalue weighted by Gasteiger charge is -2.09. The van der Waals surface area contributed by atoms with E-state index in [4.69, 9.17) is 14.9 Å². The zero-order valence-corrected chi connectivity index (χ0v) is 15.1. The van der Waals surface area contributed by atoms with Gasteiger partial charge in [0.15, 0.2) is 5.69 Å². The summed E-state index contributed by atoms with van der Waals surface area (Å²) in [5, 5.41) is 14.7. The van der Waals surface area contributed by atoms with E-state index in [9.17, 15) is 14.7 Å². The Morgan fingerprint density at radius 3 is 2.67 bits per heavy atom. The summed E-state index contributed by atoms with van der Waals surface area (Å²) < 4.78 is 10.2. The first kappa shape index (κ1) is 20.4. The molecule has 5 N–H and O–H groups in total. The van der Waals surface area contributed by atoms with Crippen molar-refractivity contribution in [1.29, 1.82) is 0 Å². The van der Waals surface area contributed by atoms with E-state index in [-0.39, 0.29) is 18.2 Å². The van der Waals surface area contributed by atoms with Gasteiger partial charge in [0.2, 0.25) is 5.89 Å². The highest BCUT2D eigenvalue weighted by molar-refractivity contribution is 5.91. The largest absolute Gasteiger partial charge is 0.446 e. The molecule has 0 aliphatic rings. The number of aromatic nitrogens is 1. The zero-order chi connectivity index (χ0) is 19.6. The Hall–Kier alpha value is -2.91. The number of carbonyl (C=O) groups is 2. The third kappa shape index (κ3) is 6.72. The van der Waals surface area contributed by atoms with Crippen molar-refractivity contribution < 1.29 is 23.8 Å². The Bertz CT molecular complexity index is 732. The first-order valence-electron chi connectivity index (χ1n) is 8.59. The van der Waals surface area contributed by atoms with Crippen molar-refractivity contribution in [1.82, 2.24) is 15.6 Å². The quantitative estimate of drug-likeness (QED) is 0.480. The van der Waals surface area contributed by atoms with Gasteiger partial charge in [0.25, 0.3) is 5.91 Å². The number of ether oxygens (including phenoxy) is 1. The maximum absolute atomic E-state index is 12.0. The molecule has 0 saturated carbocycles. The predicted molar refractivity (Wildman–Crippen MR) is 96.7 cm³/mol. The first-order chi connectivity index (χ1) is 13.0. The van der Waals surface area contributed by atoms with Crippen LogP contribution in [0.2, 0.25) is 0 Å². The van der Waals surface area contributed by atoms with Crippen molar-refractivity contribution in [2.24, 2.45) is 5.73 Å². The van der Waals surface area contributed by atoms with Gasteiger partial charge in [-0.15, -0.1) is 0 Å². The van der Waals surface area contributed by atoms with Crippen LogP contribution in [0.5, 0.6) is 0 Å². The number of alkyl carbamates (subject to hydrolysis) is 1. The van der Waals surface area contributed by atoms with E-state index in [1.54, 1.807) is 0 Å². The van der Waals surface area contributed by atoms with Gasteiger partial charge in [-0.1, -0.05) is 30.3 Å². The van der Waals surface area contributed by atoms with Gasteiger partial charge < -0.3 is 30.6 Å². The molecule has 1 aromatic heterocycles. The molecule has 9 heteroatoms. The third-order valence-corrected chi connectivity index (χ3v) is 3.68. The average Bonchev–Trinajstić information content (AvgIpc) is 3.16. The minimum Gasteiger partial charge on any atom is -0.446 e. The third-order valence-electron chi connectivity index (χ3n) is 3.68. The summed E-state index contributed by atoms with van der Waals surface area (Å²) in [5.41, 5.74) is 6.68. The molecule has 0 aliphatic heterocycles. The van der Waals surface area contributed by atoms with Gasteiger partial charge in [-0.25, -0.2) is 9.78 Å².